The maximum atomic E-state index is 12.8. The third-order valence-corrected chi connectivity index (χ3v) is 1.26. The molecule has 0 saturated heterocycles. The number of nitriles is 1. The molecular formula is C7HF5N2O. The van der Waals surface area contributed by atoms with E-state index >= 15 is 0 Å². The predicted octanol–water partition coefficient (Wildman–Crippen LogP) is 2.13. The second-order valence-corrected chi connectivity index (χ2v) is 2.26. The lowest BCUT2D eigenvalue weighted by molar-refractivity contribution is -0.276. The smallest absolute Gasteiger partial charge is 0.386 e. The molecule has 80 valence electrons. The average molecular weight is 224 g/mol. The quantitative estimate of drug-likeness (QED) is 0.686. The maximum absolute atomic E-state index is 12.8. The molecule has 1 aromatic rings. The Balaban J connectivity index is 3.21. The van der Waals surface area contributed by atoms with Crippen LogP contribution in [0.2, 0.25) is 0 Å². The lowest BCUT2D eigenvalue weighted by Crippen LogP contribution is -2.19. The molecule has 0 aliphatic rings. The van der Waals surface area contributed by atoms with Crippen molar-refractivity contribution in [3.63, 3.8) is 0 Å². The topological polar surface area (TPSA) is 45.9 Å². The van der Waals surface area contributed by atoms with Crippen LogP contribution in [0.5, 0.6) is 5.88 Å². The Morgan fingerprint density at radius 3 is 2.40 bits per heavy atom. The molecule has 0 unspecified atom stereocenters. The van der Waals surface area contributed by atoms with Crippen LogP contribution in [0.15, 0.2) is 6.20 Å². The maximum Gasteiger partial charge on any atom is 0.574 e. The molecule has 0 spiro atoms. The number of pyridine rings is 1. The zero-order valence-corrected chi connectivity index (χ0v) is 6.77. The normalized spacial score (nSPS) is 10.9. The number of rotatable bonds is 1. The SMILES string of the molecule is N#Cc1c(OC(F)(F)F)ncc(F)c1F. The summed E-state index contributed by atoms with van der Waals surface area (Å²) in [5.41, 5.74) is -1.23. The Kier molecular flexibility index (Phi) is 2.74. The Hall–Kier alpha value is -1.91. The van der Waals surface area contributed by atoms with Crippen LogP contribution in [-0.2, 0) is 0 Å². The van der Waals surface area contributed by atoms with E-state index in [1.54, 1.807) is 0 Å². The summed E-state index contributed by atoms with van der Waals surface area (Å²) < 4.78 is 63.5. The molecule has 1 heterocycles. The van der Waals surface area contributed by atoms with E-state index in [0.717, 1.165) is 6.07 Å². The lowest BCUT2D eigenvalue weighted by atomic mass is 10.3. The van der Waals surface area contributed by atoms with Crippen LogP contribution >= 0.6 is 0 Å². The van der Waals surface area contributed by atoms with Crippen molar-refractivity contribution >= 4 is 0 Å². The predicted molar refractivity (Wildman–Crippen MR) is 35.6 cm³/mol. The number of hydrogen-bond donors (Lipinski definition) is 0. The molecule has 0 fully saturated rings. The van der Waals surface area contributed by atoms with Gasteiger partial charge in [0.05, 0.1) is 6.20 Å². The van der Waals surface area contributed by atoms with Crippen molar-refractivity contribution in [2.75, 3.05) is 0 Å². The number of nitrogens with zero attached hydrogens (tertiary/aromatic N) is 2. The van der Waals surface area contributed by atoms with Crippen molar-refractivity contribution in [1.82, 2.24) is 4.98 Å². The number of ether oxygens (including phenoxy) is 1. The van der Waals surface area contributed by atoms with Crippen molar-refractivity contribution in [3.8, 4) is 11.9 Å². The van der Waals surface area contributed by atoms with Gasteiger partial charge in [-0.1, -0.05) is 0 Å². The van der Waals surface area contributed by atoms with Crippen LogP contribution < -0.4 is 4.74 Å². The third-order valence-electron chi connectivity index (χ3n) is 1.26. The van der Waals surface area contributed by atoms with Gasteiger partial charge in [-0.2, -0.15) is 5.26 Å². The van der Waals surface area contributed by atoms with E-state index in [1.807, 2.05) is 0 Å². The third kappa shape index (κ3) is 2.52. The van der Waals surface area contributed by atoms with Crippen molar-refractivity contribution < 1.29 is 26.7 Å². The van der Waals surface area contributed by atoms with Crippen LogP contribution in [0.25, 0.3) is 0 Å². The molecule has 0 amide bonds. The highest BCUT2D eigenvalue weighted by Crippen LogP contribution is 2.26. The van der Waals surface area contributed by atoms with E-state index in [9.17, 15) is 22.0 Å². The van der Waals surface area contributed by atoms with Gasteiger partial charge in [0.1, 0.15) is 6.07 Å². The van der Waals surface area contributed by atoms with Crippen molar-refractivity contribution in [2.45, 2.75) is 6.36 Å². The van der Waals surface area contributed by atoms with Crippen LogP contribution in [0, 0.1) is 23.0 Å². The molecule has 0 bridgehead atoms. The minimum atomic E-state index is -5.12. The summed E-state index contributed by atoms with van der Waals surface area (Å²) in [7, 11) is 0. The molecule has 3 nitrogen and oxygen atoms in total. The Labute approximate surface area is 79.7 Å². The van der Waals surface area contributed by atoms with Gasteiger partial charge >= 0.3 is 6.36 Å². The van der Waals surface area contributed by atoms with Crippen LogP contribution in [0.3, 0.4) is 0 Å². The first-order valence-electron chi connectivity index (χ1n) is 3.35. The van der Waals surface area contributed by atoms with Gasteiger partial charge in [-0.25, -0.2) is 13.8 Å². The Morgan fingerprint density at radius 2 is 1.93 bits per heavy atom. The summed E-state index contributed by atoms with van der Waals surface area (Å²) in [5, 5.41) is 8.28. The molecule has 0 radical (unpaired) electrons. The first-order chi connectivity index (χ1) is 6.85. The average Bonchev–Trinajstić information content (AvgIpc) is 2.10. The first kappa shape index (κ1) is 11.2. The lowest BCUT2D eigenvalue weighted by Gasteiger charge is -2.08. The van der Waals surface area contributed by atoms with E-state index in [0.29, 0.717) is 0 Å². The standard InChI is InChI=1S/C7HF5N2O/c8-4-2-14-6(15-7(10,11)12)3(1-13)5(4)9/h2H. The number of aromatic nitrogens is 1. The second kappa shape index (κ2) is 3.68. The zero-order valence-electron chi connectivity index (χ0n) is 6.77. The molecule has 0 aliphatic heterocycles. The van der Waals surface area contributed by atoms with Gasteiger partial charge < -0.3 is 4.74 Å². The zero-order chi connectivity index (χ0) is 11.6. The van der Waals surface area contributed by atoms with E-state index in [-0.39, 0.29) is 6.20 Å². The molecule has 8 heteroatoms. The molecule has 15 heavy (non-hydrogen) atoms. The summed E-state index contributed by atoms with van der Waals surface area (Å²) in [4.78, 5) is 2.82. The summed E-state index contributed by atoms with van der Waals surface area (Å²) >= 11 is 0. The summed E-state index contributed by atoms with van der Waals surface area (Å²) in [5.74, 6) is -4.57. The van der Waals surface area contributed by atoms with E-state index in [1.165, 1.54) is 0 Å². The molecule has 0 N–H and O–H groups in total. The molecule has 1 aromatic heterocycles. The highest BCUT2D eigenvalue weighted by molar-refractivity contribution is 5.39. The summed E-state index contributed by atoms with van der Waals surface area (Å²) in [6, 6.07) is 1.02. The molecule has 0 atom stereocenters. The van der Waals surface area contributed by atoms with Crippen molar-refractivity contribution in [2.24, 2.45) is 0 Å². The van der Waals surface area contributed by atoms with Gasteiger partial charge in [-0.15, -0.1) is 13.2 Å². The molecule has 0 saturated carbocycles. The fraction of sp³-hybridized carbons (Fsp3) is 0.143. The van der Waals surface area contributed by atoms with Gasteiger partial charge in [0.2, 0.25) is 5.88 Å². The van der Waals surface area contributed by atoms with Gasteiger partial charge in [0.15, 0.2) is 17.2 Å². The van der Waals surface area contributed by atoms with Crippen LogP contribution in [0.4, 0.5) is 22.0 Å². The molecular weight excluding hydrogens is 223 g/mol. The molecule has 0 aliphatic carbocycles. The Morgan fingerprint density at radius 1 is 1.33 bits per heavy atom. The first-order valence-corrected chi connectivity index (χ1v) is 3.35. The monoisotopic (exact) mass is 224 g/mol. The van der Waals surface area contributed by atoms with Crippen LogP contribution in [0.1, 0.15) is 5.56 Å². The van der Waals surface area contributed by atoms with Gasteiger partial charge in [-0.3, -0.25) is 0 Å². The second-order valence-electron chi connectivity index (χ2n) is 2.26. The Bertz CT molecular complexity index is 423. The van der Waals surface area contributed by atoms with Crippen molar-refractivity contribution in [1.29, 1.82) is 5.26 Å². The minimum absolute atomic E-state index is 0.192. The number of alkyl halides is 3. The van der Waals surface area contributed by atoms with E-state index in [2.05, 4.69) is 9.72 Å². The largest absolute Gasteiger partial charge is 0.574 e. The fourth-order valence-electron chi connectivity index (χ4n) is 0.734. The van der Waals surface area contributed by atoms with Gasteiger partial charge in [-0.05, 0) is 0 Å². The molecule has 1 rings (SSSR count). The molecule has 0 aromatic carbocycles. The number of hydrogen-bond acceptors (Lipinski definition) is 3. The van der Waals surface area contributed by atoms with Crippen LogP contribution in [-0.4, -0.2) is 11.3 Å². The van der Waals surface area contributed by atoms with Crippen molar-refractivity contribution in [3.05, 3.63) is 23.4 Å². The minimum Gasteiger partial charge on any atom is -0.386 e. The number of halogens is 5. The fourth-order valence-corrected chi connectivity index (χ4v) is 0.734. The van der Waals surface area contributed by atoms with E-state index in [4.69, 9.17) is 5.26 Å². The highest BCUT2D eigenvalue weighted by Gasteiger charge is 2.34. The highest BCUT2D eigenvalue weighted by atomic mass is 19.4. The van der Waals surface area contributed by atoms with Gasteiger partial charge in [0, 0.05) is 0 Å². The summed E-state index contributed by atoms with van der Waals surface area (Å²) in [6.07, 6.45) is -4.93. The summed E-state index contributed by atoms with van der Waals surface area (Å²) in [6.45, 7) is 0. The van der Waals surface area contributed by atoms with Gasteiger partial charge in [0.25, 0.3) is 0 Å². The van der Waals surface area contributed by atoms with E-state index < -0.39 is 29.4 Å².